The molecule has 1 aliphatic rings. The van der Waals surface area contributed by atoms with E-state index in [1.165, 1.54) is 0 Å². The highest BCUT2D eigenvalue weighted by molar-refractivity contribution is 7.80. The number of hydrogen-bond donors (Lipinski definition) is 2. The van der Waals surface area contributed by atoms with Crippen molar-refractivity contribution in [3.8, 4) is 0 Å². The first-order valence-corrected chi connectivity index (χ1v) is 6.11. The van der Waals surface area contributed by atoms with Gasteiger partial charge in [0.15, 0.2) is 5.11 Å². The fourth-order valence-electron chi connectivity index (χ4n) is 1.69. The van der Waals surface area contributed by atoms with E-state index >= 15 is 0 Å². The first kappa shape index (κ1) is 14.8. The second kappa shape index (κ2) is 5.62. The van der Waals surface area contributed by atoms with Gasteiger partial charge >= 0.3 is 0 Å². The monoisotopic (exact) mass is 273 g/mol. The van der Waals surface area contributed by atoms with Gasteiger partial charge in [-0.2, -0.15) is 0 Å². The molecule has 1 aliphatic heterocycles. The predicted molar refractivity (Wildman–Crippen MR) is 71.0 cm³/mol. The Morgan fingerprint density at radius 2 is 2.22 bits per heavy atom. The van der Waals surface area contributed by atoms with Crippen molar-refractivity contribution in [3.05, 3.63) is 0 Å². The normalized spacial score (nSPS) is 20.3. The lowest BCUT2D eigenvalue weighted by atomic mass is 9.99. The predicted octanol–water partition coefficient (Wildman–Crippen LogP) is -0.367. The van der Waals surface area contributed by atoms with E-state index in [0.717, 1.165) is 0 Å². The van der Waals surface area contributed by atoms with Crippen molar-refractivity contribution < 1.29 is 14.3 Å². The van der Waals surface area contributed by atoms with Gasteiger partial charge in [-0.05, 0) is 33.0 Å². The first-order valence-electron chi connectivity index (χ1n) is 5.70. The molecule has 0 aromatic carbocycles. The molecule has 0 radical (unpaired) electrons. The summed E-state index contributed by atoms with van der Waals surface area (Å²) in [6, 6.07) is 0.0124. The Hall–Kier alpha value is -1.21. The number of thiocarbonyl (C=S) groups is 1. The zero-order valence-corrected chi connectivity index (χ0v) is 11.9. The molecule has 1 fully saturated rings. The fraction of sp³-hybridized carbons (Fsp3) is 0.727. The summed E-state index contributed by atoms with van der Waals surface area (Å²) >= 11 is 5.25. The lowest BCUT2D eigenvalue weighted by molar-refractivity contribution is -0.141. The summed E-state index contributed by atoms with van der Waals surface area (Å²) in [6.07, 6.45) is 0. The van der Waals surface area contributed by atoms with Crippen LogP contribution < -0.4 is 10.6 Å². The SMILES string of the molecule is COCC(C)NC(=S)N1CC(=O)NC(=O)C1(C)C. The van der Waals surface area contributed by atoms with Crippen LogP contribution in [0.25, 0.3) is 0 Å². The molecule has 1 saturated heterocycles. The Balaban J connectivity index is 2.76. The molecule has 1 unspecified atom stereocenters. The van der Waals surface area contributed by atoms with E-state index in [1.54, 1.807) is 25.9 Å². The molecule has 1 rings (SSSR count). The largest absolute Gasteiger partial charge is 0.383 e. The molecule has 2 N–H and O–H groups in total. The van der Waals surface area contributed by atoms with Crippen molar-refractivity contribution >= 4 is 29.1 Å². The molecule has 18 heavy (non-hydrogen) atoms. The molecule has 2 amide bonds. The minimum atomic E-state index is -0.842. The van der Waals surface area contributed by atoms with Crippen molar-refractivity contribution in [2.24, 2.45) is 0 Å². The van der Waals surface area contributed by atoms with Gasteiger partial charge in [0, 0.05) is 13.2 Å². The molecule has 0 aliphatic carbocycles. The zero-order chi connectivity index (χ0) is 13.9. The zero-order valence-electron chi connectivity index (χ0n) is 11.1. The summed E-state index contributed by atoms with van der Waals surface area (Å²) in [4.78, 5) is 24.8. The highest BCUT2D eigenvalue weighted by Crippen LogP contribution is 2.18. The average molecular weight is 273 g/mol. The molecule has 6 nitrogen and oxygen atoms in total. The number of imide groups is 1. The van der Waals surface area contributed by atoms with Gasteiger partial charge in [-0.15, -0.1) is 0 Å². The van der Waals surface area contributed by atoms with Crippen molar-refractivity contribution in [2.75, 3.05) is 20.3 Å². The molecular weight excluding hydrogens is 254 g/mol. The Bertz CT molecular complexity index is 371. The maximum Gasteiger partial charge on any atom is 0.251 e. The van der Waals surface area contributed by atoms with Crippen LogP contribution in [0.1, 0.15) is 20.8 Å². The van der Waals surface area contributed by atoms with Crippen molar-refractivity contribution in [1.29, 1.82) is 0 Å². The van der Waals surface area contributed by atoms with E-state index in [2.05, 4.69) is 10.6 Å². The summed E-state index contributed by atoms with van der Waals surface area (Å²) in [7, 11) is 1.60. The average Bonchev–Trinajstić information content (AvgIpc) is 2.23. The maximum atomic E-state index is 11.8. The van der Waals surface area contributed by atoms with Crippen molar-refractivity contribution in [1.82, 2.24) is 15.5 Å². The van der Waals surface area contributed by atoms with E-state index in [-0.39, 0.29) is 24.4 Å². The molecule has 0 aromatic heterocycles. The van der Waals surface area contributed by atoms with Crippen LogP contribution in [0.5, 0.6) is 0 Å². The summed E-state index contributed by atoms with van der Waals surface area (Å²) in [5, 5.41) is 5.73. The summed E-state index contributed by atoms with van der Waals surface area (Å²) in [5.41, 5.74) is -0.842. The molecular formula is C11H19N3O3S. The smallest absolute Gasteiger partial charge is 0.251 e. The summed E-state index contributed by atoms with van der Waals surface area (Å²) in [6.45, 7) is 5.93. The molecule has 0 saturated carbocycles. The lowest BCUT2D eigenvalue weighted by Crippen LogP contribution is -2.67. The van der Waals surface area contributed by atoms with Crippen LogP contribution in [0, 0.1) is 0 Å². The molecule has 7 heteroatoms. The number of nitrogens with zero attached hydrogens (tertiary/aromatic N) is 1. The number of carbonyl (C=O) groups is 2. The minimum Gasteiger partial charge on any atom is -0.383 e. The van der Waals surface area contributed by atoms with Gasteiger partial charge in [0.05, 0.1) is 6.61 Å². The Labute approximate surface area is 112 Å². The van der Waals surface area contributed by atoms with E-state index < -0.39 is 5.54 Å². The van der Waals surface area contributed by atoms with Crippen LogP contribution in [0.4, 0.5) is 0 Å². The van der Waals surface area contributed by atoms with Crippen molar-refractivity contribution in [3.63, 3.8) is 0 Å². The van der Waals surface area contributed by atoms with E-state index in [1.807, 2.05) is 6.92 Å². The Morgan fingerprint density at radius 1 is 1.61 bits per heavy atom. The number of hydrogen-bond acceptors (Lipinski definition) is 4. The van der Waals surface area contributed by atoms with E-state index in [9.17, 15) is 9.59 Å². The van der Waals surface area contributed by atoms with Crippen molar-refractivity contribution in [2.45, 2.75) is 32.4 Å². The van der Waals surface area contributed by atoms with Gasteiger partial charge in [-0.25, -0.2) is 0 Å². The topological polar surface area (TPSA) is 70.7 Å². The second-order valence-electron chi connectivity index (χ2n) is 4.83. The Kier molecular flexibility index (Phi) is 4.64. The van der Waals surface area contributed by atoms with Gasteiger partial charge in [0.2, 0.25) is 5.91 Å². The molecule has 102 valence electrons. The van der Waals surface area contributed by atoms with E-state index in [0.29, 0.717) is 11.7 Å². The van der Waals surface area contributed by atoms with Gasteiger partial charge < -0.3 is 15.0 Å². The third-order valence-corrected chi connectivity index (χ3v) is 3.16. The number of nitrogens with one attached hydrogen (secondary N) is 2. The molecule has 0 aromatic rings. The van der Waals surface area contributed by atoms with Gasteiger partial charge in [0.25, 0.3) is 5.91 Å². The maximum absolute atomic E-state index is 11.8. The first-order chi connectivity index (χ1) is 8.28. The number of amides is 2. The highest BCUT2D eigenvalue weighted by Gasteiger charge is 2.42. The van der Waals surface area contributed by atoms with Crippen LogP contribution >= 0.6 is 12.2 Å². The van der Waals surface area contributed by atoms with Gasteiger partial charge in [-0.3, -0.25) is 14.9 Å². The number of methoxy groups -OCH3 is 1. The van der Waals surface area contributed by atoms with Gasteiger partial charge in [0.1, 0.15) is 12.1 Å². The Morgan fingerprint density at radius 3 is 2.78 bits per heavy atom. The van der Waals surface area contributed by atoms with Crippen LogP contribution in [0.15, 0.2) is 0 Å². The van der Waals surface area contributed by atoms with Gasteiger partial charge in [-0.1, -0.05) is 0 Å². The fourth-order valence-corrected chi connectivity index (χ4v) is 2.18. The lowest BCUT2D eigenvalue weighted by Gasteiger charge is -2.42. The summed E-state index contributed by atoms with van der Waals surface area (Å²) < 4.78 is 5.00. The van der Waals surface area contributed by atoms with Crippen LogP contribution in [0.3, 0.4) is 0 Å². The molecule has 1 atom stereocenters. The van der Waals surface area contributed by atoms with Crippen LogP contribution in [-0.2, 0) is 14.3 Å². The highest BCUT2D eigenvalue weighted by atomic mass is 32.1. The molecule has 1 heterocycles. The van der Waals surface area contributed by atoms with Crippen LogP contribution in [-0.4, -0.2) is 53.7 Å². The number of carbonyl (C=O) groups excluding carboxylic acids is 2. The third-order valence-electron chi connectivity index (χ3n) is 2.82. The third kappa shape index (κ3) is 3.17. The van der Waals surface area contributed by atoms with Crippen LogP contribution in [0.2, 0.25) is 0 Å². The summed E-state index contributed by atoms with van der Waals surface area (Å²) in [5.74, 6) is -0.690. The number of ether oxygens (including phenoxy) is 1. The molecule has 0 bridgehead atoms. The quantitative estimate of drug-likeness (QED) is 0.540. The van der Waals surface area contributed by atoms with E-state index in [4.69, 9.17) is 17.0 Å². The standard InChI is InChI=1S/C11H19N3O3S/c1-7(6-17-4)12-10(18)14-5-8(15)13-9(16)11(14,2)3/h7H,5-6H2,1-4H3,(H,12,18)(H,13,15,16). The second-order valence-corrected chi connectivity index (χ2v) is 5.22. The number of piperazine rings is 1. The minimum absolute atomic E-state index is 0.0124. The molecule has 0 spiro atoms. The number of rotatable bonds is 3.